The summed E-state index contributed by atoms with van der Waals surface area (Å²) in [5.41, 5.74) is 6.11. The average molecular weight is 806 g/mol. The number of H-pyrrole nitrogens is 2. The number of aromatic amines is 2. The summed E-state index contributed by atoms with van der Waals surface area (Å²) in [5.74, 6) is 2.48. The molecule has 0 unspecified atom stereocenters. The van der Waals surface area contributed by atoms with Crippen molar-refractivity contribution in [2.75, 3.05) is 33.9 Å². The number of hydrogen-bond acceptors (Lipinski definition) is 9. The van der Waals surface area contributed by atoms with Crippen molar-refractivity contribution >= 4 is 39.9 Å². The molecule has 3 N–H and O–H groups in total. The van der Waals surface area contributed by atoms with Gasteiger partial charge in [-0.1, -0.05) is 39.0 Å². The van der Waals surface area contributed by atoms with E-state index in [2.05, 4.69) is 58.6 Å². The van der Waals surface area contributed by atoms with Gasteiger partial charge in [-0.25, -0.2) is 19.6 Å². The third-order valence-electron chi connectivity index (χ3n) is 11.9. The Morgan fingerprint density at radius 3 is 2.53 bits per heavy atom. The van der Waals surface area contributed by atoms with Crippen molar-refractivity contribution in [1.29, 1.82) is 0 Å². The zero-order valence-electron chi connectivity index (χ0n) is 35.2. The molecule has 59 heavy (non-hydrogen) atoms. The van der Waals surface area contributed by atoms with Crippen molar-refractivity contribution in [3.63, 3.8) is 0 Å². The summed E-state index contributed by atoms with van der Waals surface area (Å²) >= 11 is 0. The first-order valence-electron chi connectivity index (χ1n) is 20.6. The molecule has 14 heteroatoms. The van der Waals surface area contributed by atoms with Crippen LogP contribution in [0.5, 0.6) is 5.75 Å². The van der Waals surface area contributed by atoms with Gasteiger partial charge >= 0.3 is 12.2 Å². The maximum absolute atomic E-state index is 13.9. The van der Waals surface area contributed by atoms with Gasteiger partial charge in [-0.05, 0) is 98.2 Å². The SMILES string of the molecule is COC[C@H]1C[C@@H](c2ncc(-c3ccc4c(c3)COc3cc5c(ccc6nc([C@@H]7C[C@H](C)CCN7C(=O)OC(C)(C)C)[nH]c65)cc3-4)[nH]2)N(C(=O)[C@@H](NC(=O)OC)C(C)C)C1. The lowest BCUT2D eigenvalue weighted by atomic mass is 9.92. The second-order valence-corrected chi connectivity index (χ2v) is 17.7. The van der Waals surface area contributed by atoms with Crippen molar-refractivity contribution in [3.8, 4) is 28.1 Å². The Labute approximate surface area is 344 Å². The fraction of sp³-hybridized carbons (Fsp3) is 0.489. The average Bonchev–Trinajstić information content (AvgIpc) is 3.97. The number of amides is 3. The molecule has 0 saturated carbocycles. The minimum atomic E-state index is -0.744. The molecule has 2 fully saturated rings. The number of hydrogen-bond donors (Lipinski definition) is 3. The van der Waals surface area contributed by atoms with E-state index in [1.807, 2.05) is 56.7 Å². The van der Waals surface area contributed by atoms with Crippen LogP contribution in [0.3, 0.4) is 0 Å². The molecule has 312 valence electrons. The molecule has 5 heterocycles. The van der Waals surface area contributed by atoms with E-state index >= 15 is 0 Å². The highest BCUT2D eigenvalue weighted by Crippen LogP contribution is 2.44. The summed E-state index contributed by atoms with van der Waals surface area (Å²) in [6.07, 6.45) is 3.25. The second-order valence-electron chi connectivity index (χ2n) is 17.7. The van der Waals surface area contributed by atoms with Crippen LogP contribution in [0.4, 0.5) is 9.59 Å². The third kappa shape index (κ3) is 7.94. The van der Waals surface area contributed by atoms with E-state index < -0.39 is 17.7 Å². The minimum absolute atomic E-state index is 0.118. The molecular weight excluding hydrogens is 751 g/mol. The van der Waals surface area contributed by atoms with Crippen LogP contribution >= 0.6 is 0 Å². The van der Waals surface area contributed by atoms with Crippen LogP contribution in [-0.4, -0.2) is 93.4 Å². The van der Waals surface area contributed by atoms with Crippen LogP contribution in [0, 0.1) is 17.8 Å². The largest absolute Gasteiger partial charge is 0.488 e. The Balaban J connectivity index is 1.06. The first-order chi connectivity index (χ1) is 28.2. The smallest absolute Gasteiger partial charge is 0.410 e. The van der Waals surface area contributed by atoms with E-state index in [0.29, 0.717) is 44.5 Å². The van der Waals surface area contributed by atoms with Crippen molar-refractivity contribution in [3.05, 3.63) is 65.9 Å². The molecule has 5 atom stereocenters. The number of carbonyl (C=O) groups is 3. The summed E-state index contributed by atoms with van der Waals surface area (Å²) in [7, 11) is 2.95. The van der Waals surface area contributed by atoms with Crippen LogP contribution in [0.15, 0.2) is 48.7 Å². The number of rotatable bonds is 8. The molecule has 14 nitrogen and oxygen atoms in total. The predicted molar refractivity (Wildman–Crippen MR) is 224 cm³/mol. The van der Waals surface area contributed by atoms with Crippen LogP contribution in [0.25, 0.3) is 44.2 Å². The van der Waals surface area contributed by atoms with E-state index in [1.54, 1.807) is 7.11 Å². The molecule has 2 aromatic heterocycles. The molecule has 3 aromatic carbocycles. The lowest BCUT2D eigenvalue weighted by Gasteiger charge is -2.38. The number of piperidine rings is 1. The Morgan fingerprint density at radius 2 is 1.78 bits per heavy atom. The number of nitrogens with one attached hydrogen (secondary N) is 3. The predicted octanol–water partition coefficient (Wildman–Crippen LogP) is 8.29. The van der Waals surface area contributed by atoms with E-state index in [-0.39, 0.29) is 35.9 Å². The van der Waals surface area contributed by atoms with Gasteiger partial charge in [0.2, 0.25) is 5.91 Å². The highest BCUT2D eigenvalue weighted by molar-refractivity contribution is 6.07. The molecule has 3 aliphatic rings. The lowest BCUT2D eigenvalue weighted by molar-refractivity contribution is -0.135. The maximum Gasteiger partial charge on any atom is 0.410 e. The molecule has 3 amide bonds. The minimum Gasteiger partial charge on any atom is -0.488 e. The lowest BCUT2D eigenvalue weighted by Crippen LogP contribution is -2.51. The topological polar surface area (TPSA) is 164 Å². The normalized spacial score (nSPS) is 21.0. The van der Waals surface area contributed by atoms with Crippen molar-refractivity contribution < 1.29 is 33.3 Å². The number of nitrogens with zero attached hydrogens (tertiary/aromatic N) is 4. The first kappa shape index (κ1) is 40.2. The molecule has 0 radical (unpaired) electrons. The number of fused-ring (bicyclic) bond motifs is 6. The summed E-state index contributed by atoms with van der Waals surface area (Å²) in [4.78, 5) is 60.0. The van der Waals surface area contributed by atoms with E-state index in [1.165, 1.54) is 7.11 Å². The van der Waals surface area contributed by atoms with Gasteiger partial charge < -0.3 is 39.1 Å². The van der Waals surface area contributed by atoms with Gasteiger partial charge in [0.25, 0.3) is 0 Å². The molecule has 3 aliphatic heterocycles. The number of ether oxygens (including phenoxy) is 4. The van der Waals surface area contributed by atoms with E-state index in [4.69, 9.17) is 28.9 Å². The van der Waals surface area contributed by atoms with Crippen molar-refractivity contribution in [2.45, 2.75) is 91.1 Å². The van der Waals surface area contributed by atoms with E-state index in [9.17, 15) is 14.4 Å². The van der Waals surface area contributed by atoms with Gasteiger partial charge in [0.1, 0.15) is 35.6 Å². The number of likely N-dealkylation sites (tertiary alicyclic amines) is 2. The summed E-state index contributed by atoms with van der Waals surface area (Å²) in [6, 6.07) is 13.5. The Hall–Kier alpha value is -5.63. The molecule has 0 spiro atoms. The molecule has 0 aliphatic carbocycles. The fourth-order valence-corrected chi connectivity index (χ4v) is 8.89. The fourth-order valence-electron chi connectivity index (χ4n) is 8.89. The second kappa shape index (κ2) is 15.9. The molecular formula is C45H55N7O7. The zero-order valence-corrected chi connectivity index (χ0v) is 35.2. The highest BCUT2D eigenvalue weighted by Gasteiger charge is 2.42. The standard InChI is InChI=1S/C45H55N7O7/c1-24(2)38(50-43(54)57-8)42(53)52-21-26(22-56-7)16-36(52)40-46-20-34(48-40)28-9-11-30-29(17-28)23-58-37-19-31-27(18-32(30)37)10-12-33-39(31)49-41(47-33)35-15-25(3)13-14-51(35)44(55)59-45(4,5)6/h9-12,17-20,24-26,35-36,38H,13-16,21-23H2,1-8H3,(H,46,48)(H,47,49)(H,50,54)/t25-,26+,35+,36+,38+/m1/s1. The monoisotopic (exact) mass is 805 g/mol. The first-order valence-corrected chi connectivity index (χ1v) is 20.6. The quantitative estimate of drug-likeness (QED) is 0.140. The van der Waals surface area contributed by atoms with Gasteiger partial charge in [-0.3, -0.25) is 9.69 Å². The van der Waals surface area contributed by atoms with Gasteiger partial charge in [-0.15, -0.1) is 0 Å². The number of alkyl carbamates (subject to hydrolysis) is 1. The molecule has 5 aromatic rings. The molecule has 2 saturated heterocycles. The summed E-state index contributed by atoms with van der Waals surface area (Å²) in [5, 5.41) is 4.78. The van der Waals surface area contributed by atoms with Crippen LogP contribution in [-0.2, 0) is 25.6 Å². The summed E-state index contributed by atoms with van der Waals surface area (Å²) < 4.78 is 22.5. The number of imidazole rings is 2. The van der Waals surface area contributed by atoms with Gasteiger partial charge in [-0.2, -0.15) is 0 Å². The van der Waals surface area contributed by atoms with Gasteiger partial charge in [0.15, 0.2) is 0 Å². The number of benzene rings is 3. The maximum atomic E-state index is 13.9. The molecule has 8 rings (SSSR count). The van der Waals surface area contributed by atoms with E-state index in [0.717, 1.165) is 74.2 Å². The third-order valence-corrected chi connectivity index (χ3v) is 11.9. The van der Waals surface area contributed by atoms with Crippen LogP contribution < -0.4 is 10.1 Å². The number of aromatic nitrogens is 4. The highest BCUT2D eigenvalue weighted by atomic mass is 16.6. The van der Waals surface area contributed by atoms with Crippen LogP contribution in [0.1, 0.15) is 90.1 Å². The molecule has 0 bridgehead atoms. The summed E-state index contributed by atoms with van der Waals surface area (Å²) in [6.45, 7) is 13.7. The van der Waals surface area contributed by atoms with Gasteiger partial charge in [0, 0.05) is 37.1 Å². The van der Waals surface area contributed by atoms with Gasteiger partial charge in [0.05, 0.1) is 48.7 Å². The Kier molecular flexibility index (Phi) is 10.8. The zero-order chi connectivity index (χ0) is 41.7. The van der Waals surface area contributed by atoms with Crippen molar-refractivity contribution in [1.82, 2.24) is 35.1 Å². The Morgan fingerprint density at radius 1 is 0.983 bits per heavy atom. The number of methoxy groups -OCH3 is 2. The Bertz CT molecular complexity index is 2400. The van der Waals surface area contributed by atoms with Crippen LogP contribution in [0.2, 0.25) is 0 Å². The van der Waals surface area contributed by atoms with Crippen molar-refractivity contribution in [2.24, 2.45) is 17.8 Å². The number of carbonyl (C=O) groups excluding carboxylic acids is 3.